The molecule has 0 saturated carbocycles. The lowest BCUT2D eigenvalue weighted by molar-refractivity contribution is 0.341. The van der Waals surface area contributed by atoms with Gasteiger partial charge in [-0.1, -0.05) is 26.0 Å². The van der Waals surface area contributed by atoms with Gasteiger partial charge in [-0.15, -0.1) is 0 Å². The summed E-state index contributed by atoms with van der Waals surface area (Å²) >= 11 is 1.81. The van der Waals surface area contributed by atoms with Gasteiger partial charge in [0.2, 0.25) is 0 Å². The van der Waals surface area contributed by atoms with Gasteiger partial charge in [-0.25, -0.2) is 0 Å². The Morgan fingerprint density at radius 1 is 1.33 bits per heavy atom. The lowest BCUT2D eigenvalue weighted by Crippen LogP contribution is -2.02. The first-order valence-electron chi connectivity index (χ1n) is 5.37. The van der Waals surface area contributed by atoms with E-state index in [1.807, 2.05) is 11.8 Å². The number of aryl methyl sites for hydroxylation is 1. The third kappa shape index (κ3) is 3.78. The molecule has 0 spiro atoms. The maximum atomic E-state index is 5.75. The molecule has 0 aliphatic heterocycles. The summed E-state index contributed by atoms with van der Waals surface area (Å²) in [7, 11) is 0. The molecule has 0 aliphatic rings. The summed E-state index contributed by atoms with van der Waals surface area (Å²) in [5.41, 5.74) is 2.57. The topological polar surface area (TPSA) is 9.23 Å². The maximum absolute atomic E-state index is 5.75. The minimum absolute atomic E-state index is 0.563. The molecule has 0 saturated heterocycles. The second-order valence-electron chi connectivity index (χ2n) is 4.02. The quantitative estimate of drug-likeness (QED) is 0.702. The highest BCUT2D eigenvalue weighted by Crippen LogP contribution is 2.24. The van der Waals surface area contributed by atoms with Crippen LogP contribution in [0, 0.1) is 6.92 Å². The van der Waals surface area contributed by atoms with Crippen molar-refractivity contribution in [2.45, 2.75) is 26.7 Å². The van der Waals surface area contributed by atoms with Crippen LogP contribution >= 0.6 is 11.8 Å². The molecule has 15 heavy (non-hydrogen) atoms. The van der Waals surface area contributed by atoms with Crippen LogP contribution in [0.2, 0.25) is 0 Å². The maximum Gasteiger partial charge on any atom is 0.122 e. The van der Waals surface area contributed by atoms with E-state index in [-0.39, 0.29) is 0 Å². The smallest absolute Gasteiger partial charge is 0.122 e. The molecule has 0 N–H and O–H groups in total. The van der Waals surface area contributed by atoms with E-state index in [0.29, 0.717) is 5.92 Å². The summed E-state index contributed by atoms with van der Waals surface area (Å²) < 4.78 is 5.75. The van der Waals surface area contributed by atoms with Gasteiger partial charge in [0.15, 0.2) is 0 Å². The molecular formula is C13H20OS. The molecule has 2 heteroatoms. The van der Waals surface area contributed by atoms with Crippen molar-refractivity contribution in [3.63, 3.8) is 0 Å². The Hall–Kier alpha value is -0.630. The van der Waals surface area contributed by atoms with Gasteiger partial charge in [0, 0.05) is 5.75 Å². The van der Waals surface area contributed by atoms with E-state index in [1.165, 1.54) is 11.1 Å². The Morgan fingerprint density at radius 3 is 2.67 bits per heavy atom. The van der Waals surface area contributed by atoms with E-state index < -0.39 is 0 Å². The number of hydrogen-bond donors (Lipinski definition) is 0. The summed E-state index contributed by atoms with van der Waals surface area (Å²) in [5.74, 6) is 2.65. The average Bonchev–Trinajstić information content (AvgIpc) is 2.20. The van der Waals surface area contributed by atoms with Gasteiger partial charge in [0.25, 0.3) is 0 Å². The SMILES string of the molecule is CSCCOc1cc(C(C)C)ccc1C. The molecule has 0 fully saturated rings. The lowest BCUT2D eigenvalue weighted by atomic mass is 10.0. The van der Waals surface area contributed by atoms with Crippen LogP contribution in [0.5, 0.6) is 5.75 Å². The highest BCUT2D eigenvalue weighted by atomic mass is 32.2. The molecular weight excluding hydrogens is 204 g/mol. The van der Waals surface area contributed by atoms with Crippen molar-refractivity contribution >= 4 is 11.8 Å². The summed E-state index contributed by atoms with van der Waals surface area (Å²) in [6.45, 7) is 7.30. The Balaban J connectivity index is 2.72. The average molecular weight is 224 g/mol. The Labute approximate surface area is 97.2 Å². The van der Waals surface area contributed by atoms with Crippen LogP contribution in [-0.2, 0) is 0 Å². The van der Waals surface area contributed by atoms with Crippen molar-refractivity contribution < 1.29 is 4.74 Å². The second-order valence-corrected chi connectivity index (χ2v) is 5.01. The van der Waals surface area contributed by atoms with E-state index in [1.54, 1.807) is 0 Å². The highest BCUT2D eigenvalue weighted by molar-refractivity contribution is 7.98. The first kappa shape index (κ1) is 12.4. The number of hydrogen-bond acceptors (Lipinski definition) is 2. The zero-order valence-electron chi connectivity index (χ0n) is 10.0. The minimum Gasteiger partial charge on any atom is -0.492 e. The van der Waals surface area contributed by atoms with E-state index in [9.17, 15) is 0 Å². The van der Waals surface area contributed by atoms with Crippen LogP contribution in [0.15, 0.2) is 18.2 Å². The van der Waals surface area contributed by atoms with Gasteiger partial charge in [0.05, 0.1) is 6.61 Å². The highest BCUT2D eigenvalue weighted by Gasteiger charge is 2.04. The van der Waals surface area contributed by atoms with Gasteiger partial charge in [-0.3, -0.25) is 0 Å². The van der Waals surface area contributed by atoms with Gasteiger partial charge >= 0.3 is 0 Å². The normalized spacial score (nSPS) is 10.7. The molecule has 84 valence electrons. The third-order valence-corrected chi connectivity index (χ3v) is 3.00. The zero-order valence-corrected chi connectivity index (χ0v) is 10.9. The van der Waals surface area contributed by atoms with Gasteiger partial charge in [-0.2, -0.15) is 11.8 Å². The third-order valence-electron chi connectivity index (χ3n) is 2.42. The predicted octanol–water partition coefficient (Wildman–Crippen LogP) is 3.86. The molecule has 1 rings (SSSR count). The number of thioether (sulfide) groups is 1. The van der Waals surface area contributed by atoms with Crippen molar-refractivity contribution in [3.05, 3.63) is 29.3 Å². The second kappa shape index (κ2) is 6.06. The Kier molecular flexibility index (Phi) is 5.03. The van der Waals surface area contributed by atoms with Crippen molar-refractivity contribution in [1.82, 2.24) is 0 Å². The van der Waals surface area contributed by atoms with Crippen molar-refractivity contribution in [3.8, 4) is 5.75 Å². The van der Waals surface area contributed by atoms with Crippen LogP contribution in [0.4, 0.5) is 0 Å². The zero-order chi connectivity index (χ0) is 11.3. The van der Waals surface area contributed by atoms with Crippen LogP contribution < -0.4 is 4.74 Å². The van der Waals surface area contributed by atoms with Crippen LogP contribution in [0.3, 0.4) is 0 Å². The molecule has 1 aromatic rings. The summed E-state index contributed by atoms with van der Waals surface area (Å²) in [6, 6.07) is 6.49. The van der Waals surface area contributed by atoms with Crippen molar-refractivity contribution in [2.75, 3.05) is 18.6 Å². The molecule has 1 nitrogen and oxygen atoms in total. The number of ether oxygens (including phenoxy) is 1. The largest absolute Gasteiger partial charge is 0.492 e. The lowest BCUT2D eigenvalue weighted by Gasteiger charge is -2.12. The fraction of sp³-hybridized carbons (Fsp3) is 0.538. The fourth-order valence-electron chi connectivity index (χ4n) is 1.37. The Morgan fingerprint density at radius 2 is 2.07 bits per heavy atom. The number of rotatable bonds is 5. The molecule has 1 aromatic carbocycles. The predicted molar refractivity (Wildman–Crippen MR) is 69.1 cm³/mol. The Bertz CT molecular complexity index is 307. The van der Waals surface area contributed by atoms with Crippen LogP contribution in [-0.4, -0.2) is 18.6 Å². The summed E-state index contributed by atoms with van der Waals surface area (Å²) in [4.78, 5) is 0. The van der Waals surface area contributed by atoms with E-state index in [0.717, 1.165) is 18.1 Å². The first-order chi connectivity index (χ1) is 7.15. The van der Waals surface area contributed by atoms with Crippen molar-refractivity contribution in [2.24, 2.45) is 0 Å². The van der Waals surface area contributed by atoms with E-state index in [4.69, 9.17) is 4.74 Å². The summed E-state index contributed by atoms with van der Waals surface area (Å²) in [6.07, 6.45) is 2.10. The molecule has 0 aromatic heterocycles. The molecule has 0 heterocycles. The fourth-order valence-corrected chi connectivity index (χ4v) is 1.62. The molecule has 0 unspecified atom stereocenters. The van der Waals surface area contributed by atoms with Crippen molar-refractivity contribution in [1.29, 1.82) is 0 Å². The number of benzene rings is 1. The molecule has 0 atom stereocenters. The molecule has 0 radical (unpaired) electrons. The minimum atomic E-state index is 0.563. The monoisotopic (exact) mass is 224 g/mol. The molecule has 0 amide bonds. The van der Waals surface area contributed by atoms with Crippen LogP contribution in [0.25, 0.3) is 0 Å². The van der Waals surface area contributed by atoms with E-state index in [2.05, 4.69) is 45.2 Å². The molecule has 0 aliphatic carbocycles. The van der Waals surface area contributed by atoms with Crippen LogP contribution in [0.1, 0.15) is 30.9 Å². The molecule has 0 bridgehead atoms. The van der Waals surface area contributed by atoms with Gasteiger partial charge < -0.3 is 4.74 Å². The standard InChI is InChI=1S/C13H20OS/c1-10(2)12-6-5-11(3)13(9-12)14-7-8-15-4/h5-6,9-10H,7-8H2,1-4H3. The van der Waals surface area contributed by atoms with Gasteiger partial charge in [-0.05, 0) is 36.3 Å². The van der Waals surface area contributed by atoms with E-state index >= 15 is 0 Å². The summed E-state index contributed by atoms with van der Waals surface area (Å²) in [5, 5.41) is 0. The van der Waals surface area contributed by atoms with Gasteiger partial charge in [0.1, 0.15) is 5.75 Å². The first-order valence-corrected chi connectivity index (χ1v) is 6.76.